The molecular formula is C26H29N5O3S. The number of nitriles is 1. The minimum absolute atomic E-state index is 0.0556. The molecule has 0 saturated heterocycles. The number of fused-ring (bicyclic) bond motifs is 1. The molecule has 1 amide bonds. The Morgan fingerprint density at radius 2 is 1.97 bits per heavy atom. The Bertz CT molecular complexity index is 1320. The van der Waals surface area contributed by atoms with E-state index in [0.29, 0.717) is 29.0 Å². The minimum atomic E-state index is -0.455. The van der Waals surface area contributed by atoms with Gasteiger partial charge >= 0.3 is 0 Å². The molecule has 1 aliphatic carbocycles. The van der Waals surface area contributed by atoms with Gasteiger partial charge in [0.05, 0.1) is 16.4 Å². The van der Waals surface area contributed by atoms with Crippen molar-refractivity contribution in [2.24, 2.45) is 7.05 Å². The highest BCUT2D eigenvalue weighted by atomic mass is 32.2. The third kappa shape index (κ3) is 5.50. The molecule has 2 aromatic heterocycles. The summed E-state index contributed by atoms with van der Waals surface area (Å²) in [5.74, 6) is -0.0539. The lowest BCUT2D eigenvalue weighted by atomic mass is 10.1. The summed E-state index contributed by atoms with van der Waals surface area (Å²) < 4.78 is 9.97. The molecule has 0 spiro atoms. The van der Waals surface area contributed by atoms with E-state index >= 15 is 0 Å². The third-order valence-electron chi connectivity index (χ3n) is 6.18. The molecule has 35 heavy (non-hydrogen) atoms. The van der Waals surface area contributed by atoms with Crippen LogP contribution in [-0.4, -0.2) is 44.2 Å². The van der Waals surface area contributed by atoms with Crippen molar-refractivity contribution in [1.82, 2.24) is 19.2 Å². The zero-order valence-corrected chi connectivity index (χ0v) is 21.0. The number of amides is 1. The maximum absolute atomic E-state index is 13.1. The normalized spacial score (nSPS) is 14.0. The molecule has 182 valence electrons. The Morgan fingerprint density at radius 1 is 1.26 bits per heavy atom. The Hall–Kier alpha value is -3.35. The van der Waals surface area contributed by atoms with Crippen LogP contribution in [0.2, 0.25) is 0 Å². The molecule has 1 fully saturated rings. The predicted molar refractivity (Wildman–Crippen MR) is 137 cm³/mol. The Morgan fingerprint density at radius 3 is 2.60 bits per heavy atom. The van der Waals surface area contributed by atoms with Gasteiger partial charge in [0.15, 0.2) is 0 Å². The molecule has 1 saturated carbocycles. The van der Waals surface area contributed by atoms with E-state index in [-0.39, 0.29) is 16.9 Å². The fourth-order valence-corrected chi connectivity index (χ4v) is 5.07. The van der Waals surface area contributed by atoms with E-state index in [1.165, 1.54) is 4.57 Å². The Balaban J connectivity index is 1.52. The molecule has 0 radical (unpaired) electrons. The number of hydrogen-bond acceptors (Lipinski definition) is 7. The number of nitrogens with zero attached hydrogens (tertiary/aromatic N) is 4. The van der Waals surface area contributed by atoms with E-state index in [1.54, 1.807) is 49.6 Å². The zero-order chi connectivity index (χ0) is 25.0. The molecule has 2 heterocycles. The second-order valence-corrected chi connectivity index (χ2v) is 10.2. The molecule has 0 aliphatic heterocycles. The number of aryl methyl sites for hydroxylation is 1. The fourth-order valence-electron chi connectivity index (χ4n) is 3.87. The molecule has 9 heteroatoms. The number of carbonyl (C=O) groups excluding carboxylic acids is 1. The smallest absolute Gasteiger partial charge is 0.263 e. The van der Waals surface area contributed by atoms with Gasteiger partial charge in [-0.15, -0.1) is 0 Å². The van der Waals surface area contributed by atoms with Crippen molar-refractivity contribution < 1.29 is 9.53 Å². The van der Waals surface area contributed by atoms with E-state index < -0.39 is 11.5 Å². The molecule has 8 nitrogen and oxygen atoms in total. The van der Waals surface area contributed by atoms with Crippen LogP contribution in [0.15, 0.2) is 47.4 Å². The van der Waals surface area contributed by atoms with Gasteiger partial charge in [0, 0.05) is 38.3 Å². The van der Waals surface area contributed by atoms with Crippen molar-refractivity contribution in [2.45, 2.75) is 38.0 Å². The molecule has 1 N–H and O–H groups in total. The van der Waals surface area contributed by atoms with Crippen LogP contribution in [-0.2, 0) is 13.6 Å². The van der Waals surface area contributed by atoms with Crippen molar-refractivity contribution in [1.29, 1.82) is 5.26 Å². The van der Waals surface area contributed by atoms with Crippen molar-refractivity contribution in [2.75, 3.05) is 19.7 Å². The Kier molecular flexibility index (Phi) is 7.43. The lowest BCUT2D eigenvalue weighted by Crippen LogP contribution is -2.32. The van der Waals surface area contributed by atoms with Gasteiger partial charge in [-0.25, -0.2) is 4.98 Å². The minimum Gasteiger partial charge on any atom is -0.475 e. The molecule has 3 aromatic rings. The second-order valence-electron chi connectivity index (χ2n) is 8.64. The first-order valence-electron chi connectivity index (χ1n) is 11.7. The van der Waals surface area contributed by atoms with Crippen LogP contribution in [0.4, 0.5) is 0 Å². The second kappa shape index (κ2) is 10.5. The van der Waals surface area contributed by atoms with E-state index in [0.717, 1.165) is 31.5 Å². The number of carbonyl (C=O) groups is 1. The van der Waals surface area contributed by atoms with E-state index in [4.69, 9.17) is 10.00 Å². The summed E-state index contributed by atoms with van der Waals surface area (Å²) in [6.07, 6.45) is 3.81. The molecule has 0 atom stereocenters. The quantitative estimate of drug-likeness (QED) is 0.432. The maximum atomic E-state index is 13.1. The van der Waals surface area contributed by atoms with E-state index in [9.17, 15) is 9.59 Å². The summed E-state index contributed by atoms with van der Waals surface area (Å²) in [5, 5.41) is 12.4. The van der Waals surface area contributed by atoms with Crippen LogP contribution in [0, 0.1) is 11.3 Å². The fraction of sp³-hybridized carbons (Fsp3) is 0.385. The molecule has 4 rings (SSSR count). The highest BCUT2D eigenvalue weighted by Crippen LogP contribution is 2.50. The molecule has 0 bridgehead atoms. The van der Waals surface area contributed by atoms with Gasteiger partial charge in [0.2, 0.25) is 5.88 Å². The average molecular weight is 492 g/mol. The standard InChI is InChI=1S/C26H29N5O3S/c1-4-31(5-2)35-26(11-12-26)17-34-24-22-20(10-13-28-24)14-21(25(33)30(22)3)23(32)29-16-19-8-6-18(15-27)7-9-19/h6-10,13-14H,4-5,11-12,16-17H2,1-3H3,(H,29,32). The first-order valence-corrected chi connectivity index (χ1v) is 12.5. The lowest BCUT2D eigenvalue weighted by molar-refractivity contribution is 0.0949. The highest BCUT2D eigenvalue weighted by molar-refractivity contribution is 7.98. The summed E-state index contributed by atoms with van der Waals surface area (Å²) in [4.78, 5) is 30.3. The number of aromatic nitrogens is 2. The van der Waals surface area contributed by atoms with Crippen LogP contribution >= 0.6 is 11.9 Å². The summed E-state index contributed by atoms with van der Waals surface area (Å²) in [6.45, 7) is 7.01. The lowest BCUT2D eigenvalue weighted by Gasteiger charge is -2.24. The van der Waals surface area contributed by atoms with Gasteiger partial charge in [-0.2, -0.15) is 5.26 Å². The SMILES string of the molecule is CCN(CC)SC1(COc2nccc3cc(C(=O)NCc4ccc(C#N)cc4)c(=O)n(C)c23)CC1. The van der Waals surface area contributed by atoms with Gasteiger partial charge in [-0.3, -0.25) is 13.9 Å². The largest absolute Gasteiger partial charge is 0.475 e. The number of pyridine rings is 2. The molecule has 1 aliphatic rings. The van der Waals surface area contributed by atoms with Gasteiger partial charge in [0.25, 0.3) is 11.5 Å². The number of hydrogen-bond donors (Lipinski definition) is 1. The summed E-state index contributed by atoms with van der Waals surface area (Å²) in [5.41, 5.74) is 1.61. The summed E-state index contributed by atoms with van der Waals surface area (Å²) in [7, 11) is 1.63. The van der Waals surface area contributed by atoms with Gasteiger partial charge in [0.1, 0.15) is 17.7 Å². The molecular weight excluding hydrogens is 462 g/mol. The number of ether oxygens (including phenoxy) is 1. The monoisotopic (exact) mass is 491 g/mol. The van der Waals surface area contributed by atoms with Crippen molar-refractivity contribution >= 4 is 28.8 Å². The topological polar surface area (TPSA) is 100 Å². The number of benzene rings is 1. The third-order valence-corrected chi connectivity index (χ3v) is 7.87. The van der Waals surface area contributed by atoms with Crippen molar-refractivity contribution in [3.63, 3.8) is 0 Å². The van der Waals surface area contributed by atoms with Crippen LogP contribution in [0.3, 0.4) is 0 Å². The number of rotatable bonds is 10. The van der Waals surface area contributed by atoms with E-state index in [2.05, 4.69) is 34.5 Å². The molecule has 0 unspecified atom stereocenters. The van der Waals surface area contributed by atoms with Gasteiger partial charge in [-0.05, 0) is 42.7 Å². The maximum Gasteiger partial charge on any atom is 0.263 e. The van der Waals surface area contributed by atoms with Crippen LogP contribution in [0.25, 0.3) is 10.9 Å². The average Bonchev–Trinajstić information content (AvgIpc) is 3.66. The first-order chi connectivity index (χ1) is 16.9. The number of nitrogens with one attached hydrogen (secondary N) is 1. The van der Waals surface area contributed by atoms with Crippen LogP contribution in [0.5, 0.6) is 5.88 Å². The van der Waals surface area contributed by atoms with Crippen LogP contribution in [0.1, 0.15) is 48.2 Å². The summed E-state index contributed by atoms with van der Waals surface area (Å²) in [6, 6.07) is 12.4. The Labute approximate surface area is 209 Å². The van der Waals surface area contributed by atoms with E-state index in [1.807, 2.05) is 11.9 Å². The highest BCUT2D eigenvalue weighted by Gasteiger charge is 2.46. The predicted octanol–water partition coefficient (Wildman–Crippen LogP) is 3.64. The first kappa shape index (κ1) is 24.8. The van der Waals surface area contributed by atoms with Crippen LogP contribution < -0.4 is 15.6 Å². The van der Waals surface area contributed by atoms with Gasteiger partial charge < -0.3 is 14.6 Å². The zero-order valence-electron chi connectivity index (χ0n) is 20.2. The molecule has 1 aromatic carbocycles. The van der Waals surface area contributed by atoms with Gasteiger partial charge in [-0.1, -0.05) is 37.9 Å². The van der Waals surface area contributed by atoms with Crippen molar-refractivity contribution in [3.05, 3.63) is 69.6 Å². The van der Waals surface area contributed by atoms with Crippen molar-refractivity contribution in [3.8, 4) is 11.9 Å². The summed E-state index contributed by atoms with van der Waals surface area (Å²) >= 11 is 1.85.